The van der Waals surface area contributed by atoms with Gasteiger partial charge in [0.05, 0.1) is 5.38 Å². The predicted molar refractivity (Wildman–Crippen MR) is 85.6 cm³/mol. The first-order valence-corrected chi connectivity index (χ1v) is 7.80. The van der Waals surface area contributed by atoms with Gasteiger partial charge in [-0.25, -0.2) is 0 Å². The highest BCUT2D eigenvalue weighted by molar-refractivity contribution is 9.11. The summed E-state index contributed by atoms with van der Waals surface area (Å²) in [5.41, 5.74) is 2.21. The Morgan fingerprint density at radius 2 is 1.83 bits per heavy atom. The zero-order chi connectivity index (χ0) is 13.1. The lowest BCUT2D eigenvalue weighted by molar-refractivity contribution is 0.913. The number of rotatable bonds is 3. The topological polar surface area (TPSA) is 0 Å². The van der Waals surface area contributed by atoms with Crippen LogP contribution in [0.15, 0.2) is 51.4 Å². The van der Waals surface area contributed by atoms with Crippen LogP contribution in [-0.2, 0) is 6.42 Å². The van der Waals surface area contributed by atoms with E-state index < -0.39 is 0 Å². The number of benzene rings is 2. The summed E-state index contributed by atoms with van der Waals surface area (Å²) >= 11 is 19.4. The molecule has 0 aliphatic carbocycles. The predicted octanol–water partition coefficient (Wildman–Crippen LogP) is 6.39. The molecule has 0 bridgehead atoms. The van der Waals surface area contributed by atoms with E-state index in [1.807, 2.05) is 42.5 Å². The van der Waals surface area contributed by atoms with E-state index in [2.05, 4.69) is 31.9 Å². The van der Waals surface area contributed by atoms with Gasteiger partial charge in [-0.05, 0) is 47.9 Å². The average Bonchev–Trinajstić information content (AvgIpc) is 2.32. The Hall–Kier alpha value is -0.0200. The van der Waals surface area contributed by atoms with E-state index in [9.17, 15) is 0 Å². The second kappa shape index (κ2) is 6.42. The van der Waals surface area contributed by atoms with Gasteiger partial charge in [-0.3, -0.25) is 0 Å². The van der Waals surface area contributed by atoms with E-state index in [-0.39, 0.29) is 5.38 Å². The van der Waals surface area contributed by atoms with Crippen molar-refractivity contribution in [2.75, 3.05) is 0 Å². The van der Waals surface area contributed by atoms with Crippen LogP contribution in [0.4, 0.5) is 0 Å². The fourth-order valence-electron chi connectivity index (χ4n) is 1.74. The van der Waals surface area contributed by atoms with Gasteiger partial charge in [0.25, 0.3) is 0 Å². The molecule has 4 heteroatoms. The fourth-order valence-corrected chi connectivity index (χ4v) is 3.34. The van der Waals surface area contributed by atoms with Crippen molar-refractivity contribution in [3.8, 4) is 0 Å². The lowest BCUT2D eigenvalue weighted by Crippen LogP contribution is -1.97. The van der Waals surface area contributed by atoms with Crippen LogP contribution in [0.25, 0.3) is 0 Å². The Kier molecular flexibility index (Phi) is 5.14. The molecule has 2 aromatic carbocycles. The van der Waals surface area contributed by atoms with Crippen LogP contribution in [0.1, 0.15) is 16.5 Å². The molecule has 0 spiro atoms. The quantitative estimate of drug-likeness (QED) is 0.516. The molecule has 1 atom stereocenters. The van der Waals surface area contributed by atoms with E-state index in [4.69, 9.17) is 23.2 Å². The van der Waals surface area contributed by atoms with Crippen molar-refractivity contribution in [2.24, 2.45) is 0 Å². The number of alkyl halides is 1. The van der Waals surface area contributed by atoms with Gasteiger partial charge in [-0.15, -0.1) is 11.6 Å². The van der Waals surface area contributed by atoms with Crippen LogP contribution >= 0.6 is 55.1 Å². The summed E-state index contributed by atoms with van der Waals surface area (Å²) in [6, 6.07) is 13.8. The van der Waals surface area contributed by atoms with Crippen LogP contribution in [0.3, 0.4) is 0 Å². The summed E-state index contributed by atoms with van der Waals surface area (Å²) in [6.07, 6.45) is 0.747. The van der Waals surface area contributed by atoms with Crippen LogP contribution in [-0.4, -0.2) is 0 Å². The second-order valence-corrected chi connectivity index (χ2v) is 6.70. The highest BCUT2D eigenvalue weighted by Gasteiger charge is 2.13. The van der Waals surface area contributed by atoms with Crippen LogP contribution < -0.4 is 0 Å². The van der Waals surface area contributed by atoms with Crippen molar-refractivity contribution in [2.45, 2.75) is 11.8 Å². The van der Waals surface area contributed by atoms with Crippen LogP contribution in [0.2, 0.25) is 5.02 Å². The smallest absolute Gasteiger partial charge is 0.0637 e. The summed E-state index contributed by atoms with van der Waals surface area (Å²) in [6.45, 7) is 0. The van der Waals surface area contributed by atoms with Gasteiger partial charge in [0.2, 0.25) is 0 Å². The normalized spacial score (nSPS) is 12.4. The minimum Gasteiger partial charge on any atom is -0.117 e. The van der Waals surface area contributed by atoms with E-state index in [0.717, 1.165) is 31.5 Å². The molecule has 0 aromatic heterocycles. The Labute approximate surface area is 134 Å². The molecular formula is C14H10Br2Cl2. The molecule has 0 N–H and O–H groups in total. The molecule has 2 aromatic rings. The highest BCUT2D eigenvalue weighted by Crippen LogP contribution is 2.33. The third kappa shape index (κ3) is 3.74. The molecule has 0 heterocycles. The van der Waals surface area contributed by atoms with E-state index in [1.165, 1.54) is 0 Å². The van der Waals surface area contributed by atoms with Gasteiger partial charge in [-0.1, -0.05) is 55.6 Å². The maximum Gasteiger partial charge on any atom is 0.0637 e. The van der Waals surface area contributed by atoms with Gasteiger partial charge >= 0.3 is 0 Å². The summed E-state index contributed by atoms with van der Waals surface area (Å²) in [5.74, 6) is 0. The van der Waals surface area contributed by atoms with E-state index >= 15 is 0 Å². The lowest BCUT2D eigenvalue weighted by Gasteiger charge is -2.12. The molecule has 0 fully saturated rings. The zero-order valence-electron chi connectivity index (χ0n) is 9.34. The SMILES string of the molecule is Clc1cccc(CC(Cl)c2cc(Br)ccc2Br)c1. The molecular weight excluding hydrogens is 399 g/mol. The van der Waals surface area contributed by atoms with Crippen molar-refractivity contribution in [3.63, 3.8) is 0 Å². The number of hydrogen-bond donors (Lipinski definition) is 0. The van der Waals surface area contributed by atoms with Gasteiger partial charge in [-0.2, -0.15) is 0 Å². The first-order chi connectivity index (χ1) is 8.56. The number of halogens is 4. The average molecular weight is 409 g/mol. The summed E-state index contributed by atoms with van der Waals surface area (Å²) < 4.78 is 2.05. The molecule has 94 valence electrons. The molecule has 0 aliphatic heterocycles. The Morgan fingerprint density at radius 3 is 2.56 bits per heavy atom. The molecule has 2 rings (SSSR count). The van der Waals surface area contributed by atoms with Gasteiger partial charge in [0, 0.05) is 14.0 Å². The molecule has 18 heavy (non-hydrogen) atoms. The molecule has 0 saturated heterocycles. The van der Waals surface area contributed by atoms with E-state index in [1.54, 1.807) is 0 Å². The summed E-state index contributed by atoms with van der Waals surface area (Å²) in [5, 5.41) is 0.653. The maximum absolute atomic E-state index is 6.48. The third-order valence-corrected chi connectivity index (χ3v) is 4.44. The first-order valence-electron chi connectivity index (χ1n) is 5.40. The Bertz CT molecular complexity index is 555. The first kappa shape index (κ1) is 14.4. The lowest BCUT2D eigenvalue weighted by atomic mass is 10.0. The molecule has 0 amide bonds. The van der Waals surface area contributed by atoms with Crippen molar-refractivity contribution in [1.29, 1.82) is 0 Å². The van der Waals surface area contributed by atoms with Crippen molar-refractivity contribution >= 4 is 55.1 Å². The largest absolute Gasteiger partial charge is 0.117 e. The van der Waals surface area contributed by atoms with E-state index in [0.29, 0.717) is 0 Å². The minimum absolute atomic E-state index is 0.0876. The fraction of sp³-hybridized carbons (Fsp3) is 0.143. The highest BCUT2D eigenvalue weighted by atomic mass is 79.9. The molecule has 0 nitrogen and oxygen atoms in total. The Morgan fingerprint density at radius 1 is 1.06 bits per heavy atom. The number of hydrogen-bond acceptors (Lipinski definition) is 0. The second-order valence-electron chi connectivity index (χ2n) is 3.97. The minimum atomic E-state index is -0.0876. The monoisotopic (exact) mass is 406 g/mol. The molecule has 0 saturated carbocycles. The summed E-state index contributed by atoms with van der Waals surface area (Å²) in [4.78, 5) is 0. The third-order valence-electron chi connectivity index (χ3n) is 2.60. The van der Waals surface area contributed by atoms with Crippen molar-refractivity contribution < 1.29 is 0 Å². The molecule has 0 aliphatic rings. The summed E-state index contributed by atoms with van der Waals surface area (Å²) in [7, 11) is 0. The molecule has 0 radical (unpaired) electrons. The standard InChI is InChI=1S/C14H10Br2Cl2/c15-10-4-5-13(16)12(8-10)14(18)7-9-2-1-3-11(17)6-9/h1-6,8,14H,7H2. The van der Waals surface area contributed by atoms with Crippen molar-refractivity contribution in [3.05, 3.63) is 67.6 Å². The zero-order valence-corrected chi connectivity index (χ0v) is 14.0. The van der Waals surface area contributed by atoms with Gasteiger partial charge in [0.1, 0.15) is 0 Å². The van der Waals surface area contributed by atoms with Crippen molar-refractivity contribution in [1.82, 2.24) is 0 Å². The van der Waals surface area contributed by atoms with Crippen LogP contribution in [0.5, 0.6) is 0 Å². The van der Waals surface area contributed by atoms with Gasteiger partial charge < -0.3 is 0 Å². The maximum atomic E-state index is 6.48. The van der Waals surface area contributed by atoms with Gasteiger partial charge in [0.15, 0.2) is 0 Å². The van der Waals surface area contributed by atoms with Crippen LogP contribution in [0, 0.1) is 0 Å². The Balaban J connectivity index is 2.21. The molecule has 1 unspecified atom stereocenters.